The van der Waals surface area contributed by atoms with Gasteiger partial charge in [0.05, 0.1) is 23.3 Å². The SMILES string of the molecule is CCCCCCCC[C@@H]1OC(=O)[C@@](C)(S(=O)c2ccccc2)[C@H]1[C@@H](OCc1ccccc1)C(=O)OCc1ccccc1. The van der Waals surface area contributed by atoms with Crippen molar-refractivity contribution in [2.45, 2.75) is 93.9 Å². The molecule has 1 heterocycles. The number of esters is 2. The van der Waals surface area contributed by atoms with Crippen molar-refractivity contribution in [2.75, 3.05) is 0 Å². The third-order valence-corrected chi connectivity index (χ3v) is 9.85. The molecule has 0 bridgehead atoms. The second-order valence-corrected chi connectivity index (χ2v) is 12.9. The van der Waals surface area contributed by atoms with Gasteiger partial charge in [0.25, 0.3) is 0 Å². The van der Waals surface area contributed by atoms with Crippen LogP contribution in [-0.4, -0.2) is 33.1 Å². The van der Waals surface area contributed by atoms with E-state index in [0.717, 1.165) is 43.2 Å². The number of hydrogen-bond acceptors (Lipinski definition) is 6. The van der Waals surface area contributed by atoms with Crippen molar-refractivity contribution in [3.8, 4) is 0 Å². The summed E-state index contributed by atoms with van der Waals surface area (Å²) < 4.78 is 30.8. The minimum Gasteiger partial charge on any atom is -0.461 e. The number of unbranched alkanes of at least 4 members (excludes halogenated alkanes) is 5. The molecule has 0 radical (unpaired) electrons. The first-order chi connectivity index (χ1) is 20.4. The molecule has 0 N–H and O–H groups in total. The topological polar surface area (TPSA) is 78.9 Å². The molecule has 7 heteroatoms. The van der Waals surface area contributed by atoms with Gasteiger partial charge in [-0.15, -0.1) is 0 Å². The molecule has 1 fully saturated rings. The number of cyclic esters (lactones) is 1. The van der Waals surface area contributed by atoms with E-state index < -0.39 is 45.6 Å². The van der Waals surface area contributed by atoms with Gasteiger partial charge in [0.15, 0.2) is 10.9 Å². The zero-order chi connectivity index (χ0) is 29.8. The van der Waals surface area contributed by atoms with Crippen LogP contribution in [0.25, 0.3) is 0 Å². The number of hydrogen-bond donors (Lipinski definition) is 0. The summed E-state index contributed by atoms with van der Waals surface area (Å²) in [6.07, 6.45) is 5.20. The Hall–Kier alpha value is -3.29. The van der Waals surface area contributed by atoms with Crippen LogP contribution in [0.3, 0.4) is 0 Å². The van der Waals surface area contributed by atoms with Crippen LogP contribution in [0, 0.1) is 5.92 Å². The molecule has 0 saturated carbocycles. The predicted octanol–water partition coefficient (Wildman–Crippen LogP) is 7.17. The molecule has 42 heavy (non-hydrogen) atoms. The zero-order valence-corrected chi connectivity index (χ0v) is 25.4. The lowest BCUT2D eigenvalue weighted by molar-refractivity contribution is -0.166. The maximum Gasteiger partial charge on any atom is 0.336 e. The fourth-order valence-electron chi connectivity index (χ4n) is 5.54. The molecule has 224 valence electrons. The van der Waals surface area contributed by atoms with E-state index in [0.29, 0.717) is 11.3 Å². The second-order valence-electron chi connectivity index (χ2n) is 11.0. The van der Waals surface area contributed by atoms with E-state index in [9.17, 15) is 13.8 Å². The molecule has 6 nitrogen and oxygen atoms in total. The highest BCUT2D eigenvalue weighted by Crippen LogP contribution is 2.44. The van der Waals surface area contributed by atoms with Crippen molar-refractivity contribution in [1.29, 1.82) is 0 Å². The molecule has 3 aromatic carbocycles. The Bertz CT molecular complexity index is 1280. The van der Waals surface area contributed by atoms with Gasteiger partial charge in [0, 0.05) is 4.90 Å². The van der Waals surface area contributed by atoms with Gasteiger partial charge in [0.2, 0.25) is 0 Å². The van der Waals surface area contributed by atoms with E-state index in [1.165, 1.54) is 6.42 Å². The normalized spacial score (nSPS) is 21.4. The van der Waals surface area contributed by atoms with Crippen LogP contribution in [0.1, 0.15) is 69.9 Å². The standard InChI is InChI=1S/C35H42O6S/c1-3-4-5-6-7-17-24-30-31(35(2,34(37)41-30)42(38)29-22-15-10-16-23-29)32(39-25-27-18-11-8-12-19-27)33(36)40-26-28-20-13-9-14-21-28/h8-16,18-23,30-32H,3-7,17,24-26H2,1-2H3/t30-,31+,32+,35-,42?/m0/s1. The van der Waals surface area contributed by atoms with Gasteiger partial charge in [-0.05, 0) is 43.0 Å². The maximum atomic E-state index is 14.2. The number of carbonyl (C=O) groups is 2. The summed E-state index contributed by atoms with van der Waals surface area (Å²) in [6, 6.07) is 27.9. The lowest BCUT2D eigenvalue weighted by Crippen LogP contribution is -2.52. The van der Waals surface area contributed by atoms with Crippen LogP contribution in [0.4, 0.5) is 0 Å². The highest BCUT2D eigenvalue weighted by Gasteiger charge is 2.63. The van der Waals surface area contributed by atoms with Crippen LogP contribution in [0.2, 0.25) is 0 Å². The zero-order valence-electron chi connectivity index (χ0n) is 24.6. The largest absolute Gasteiger partial charge is 0.461 e. The summed E-state index contributed by atoms with van der Waals surface area (Å²) in [5.41, 5.74) is 1.72. The average Bonchev–Trinajstić information content (AvgIpc) is 3.28. The van der Waals surface area contributed by atoms with Gasteiger partial charge in [-0.2, -0.15) is 0 Å². The molecule has 0 aromatic heterocycles. The van der Waals surface area contributed by atoms with Crippen molar-refractivity contribution in [2.24, 2.45) is 5.92 Å². The van der Waals surface area contributed by atoms with Gasteiger partial charge in [0.1, 0.15) is 12.7 Å². The summed E-state index contributed by atoms with van der Waals surface area (Å²) in [4.78, 5) is 28.0. The molecule has 1 aliphatic rings. The fraction of sp³-hybridized carbons (Fsp3) is 0.429. The smallest absolute Gasteiger partial charge is 0.336 e. The minimum atomic E-state index is -1.80. The molecule has 0 amide bonds. The van der Waals surface area contributed by atoms with Gasteiger partial charge >= 0.3 is 11.9 Å². The summed E-state index contributed by atoms with van der Waals surface area (Å²) in [7, 11) is -1.80. The van der Waals surface area contributed by atoms with Crippen LogP contribution >= 0.6 is 0 Å². The Morgan fingerprint density at radius 2 is 1.38 bits per heavy atom. The molecule has 0 spiro atoms. The molecule has 4 rings (SSSR count). The van der Waals surface area contributed by atoms with Crippen LogP contribution in [0.15, 0.2) is 95.9 Å². The first-order valence-electron chi connectivity index (χ1n) is 15.0. The molecule has 1 unspecified atom stereocenters. The summed E-state index contributed by atoms with van der Waals surface area (Å²) in [5, 5.41) is 0. The highest BCUT2D eigenvalue weighted by atomic mass is 32.2. The first-order valence-corrected chi connectivity index (χ1v) is 16.1. The van der Waals surface area contributed by atoms with Gasteiger partial charge in [-0.25, -0.2) is 4.79 Å². The number of carbonyl (C=O) groups excluding carboxylic acids is 2. The van der Waals surface area contributed by atoms with Crippen molar-refractivity contribution in [3.05, 3.63) is 102 Å². The van der Waals surface area contributed by atoms with Crippen molar-refractivity contribution in [3.63, 3.8) is 0 Å². The molecule has 1 aliphatic heterocycles. The summed E-state index contributed by atoms with van der Waals surface area (Å²) >= 11 is 0. The lowest BCUT2D eigenvalue weighted by atomic mass is 9.83. The Morgan fingerprint density at radius 3 is 2.00 bits per heavy atom. The Balaban J connectivity index is 1.65. The van der Waals surface area contributed by atoms with E-state index in [1.807, 2.05) is 66.7 Å². The number of benzene rings is 3. The summed E-state index contributed by atoms with van der Waals surface area (Å²) in [6.45, 7) is 4.03. The number of ether oxygens (including phenoxy) is 3. The second kappa shape index (κ2) is 15.8. The maximum absolute atomic E-state index is 14.2. The van der Waals surface area contributed by atoms with Gasteiger partial charge in [-0.1, -0.05) is 118 Å². The van der Waals surface area contributed by atoms with Gasteiger partial charge < -0.3 is 14.2 Å². The van der Waals surface area contributed by atoms with E-state index in [2.05, 4.69) is 6.92 Å². The third kappa shape index (κ3) is 7.96. The van der Waals surface area contributed by atoms with Crippen molar-refractivity contribution in [1.82, 2.24) is 0 Å². The number of rotatable bonds is 16. The van der Waals surface area contributed by atoms with Crippen LogP contribution < -0.4 is 0 Å². The molecular weight excluding hydrogens is 548 g/mol. The lowest BCUT2D eigenvalue weighted by Gasteiger charge is -2.33. The monoisotopic (exact) mass is 590 g/mol. The van der Waals surface area contributed by atoms with E-state index in [-0.39, 0.29) is 13.2 Å². The summed E-state index contributed by atoms with van der Waals surface area (Å²) in [5.74, 6) is -1.98. The third-order valence-electron chi connectivity index (χ3n) is 7.94. The van der Waals surface area contributed by atoms with E-state index in [1.54, 1.807) is 31.2 Å². The molecule has 5 atom stereocenters. The Labute approximate surface area is 252 Å². The van der Waals surface area contributed by atoms with Crippen molar-refractivity contribution >= 4 is 22.7 Å². The highest BCUT2D eigenvalue weighted by molar-refractivity contribution is 7.87. The van der Waals surface area contributed by atoms with Crippen LogP contribution in [0.5, 0.6) is 0 Å². The Morgan fingerprint density at radius 1 is 0.833 bits per heavy atom. The van der Waals surface area contributed by atoms with Crippen LogP contribution in [-0.2, 0) is 47.8 Å². The Kier molecular flexibility index (Phi) is 11.9. The van der Waals surface area contributed by atoms with Gasteiger partial charge in [-0.3, -0.25) is 9.00 Å². The first kappa shape index (κ1) is 31.6. The minimum absolute atomic E-state index is 0.0625. The van der Waals surface area contributed by atoms with E-state index in [4.69, 9.17) is 14.2 Å². The predicted molar refractivity (Wildman–Crippen MR) is 164 cm³/mol. The average molecular weight is 591 g/mol. The van der Waals surface area contributed by atoms with Crippen molar-refractivity contribution < 1.29 is 28.0 Å². The molecular formula is C35H42O6S. The molecule has 1 saturated heterocycles. The fourth-order valence-corrected chi connectivity index (χ4v) is 7.16. The van der Waals surface area contributed by atoms with E-state index >= 15 is 0 Å². The molecule has 0 aliphatic carbocycles. The quantitative estimate of drug-likeness (QED) is 0.130. The molecule has 3 aromatic rings.